The monoisotopic (exact) mass is 303 g/mol. The molecule has 0 bridgehead atoms. The van der Waals surface area contributed by atoms with Crippen LogP contribution in [-0.2, 0) is 19.4 Å². The van der Waals surface area contributed by atoms with Crippen LogP contribution >= 0.6 is 11.3 Å². The second kappa shape index (κ2) is 6.29. The van der Waals surface area contributed by atoms with Crippen molar-refractivity contribution in [2.45, 2.75) is 31.0 Å². The first-order valence-electron chi connectivity index (χ1n) is 5.80. The van der Waals surface area contributed by atoms with Gasteiger partial charge in [-0.1, -0.05) is 19.9 Å². The molecule has 1 unspecified atom stereocenters. The lowest BCUT2D eigenvalue weighted by molar-refractivity contribution is -0.126. The summed E-state index contributed by atoms with van der Waals surface area (Å²) in [7, 11) is -3.62. The highest BCUT2D eigenvalue weighted by molar-refractivity contribution is 7.94. The van der Waals surface area contributed by atoms with E-state index >= 15 is 0 Å². The van der Waals surface area contributed by atoms with E-state index in [9.17, 15) is 18.0 Å². The first-order valence-corrected chi connectivity index (χ1v) is 8.33. The van der Waals surface area contributed by atoms with Gasteiger partial charge in [0.2, 0.25) is 5.91 Å². The molecule has 0 aliphatic rings. The molecule has 1 heterocycles. The van der Waals surface area contributed by atoms with Gasteiger partial charge in [0, 0.05) is 0 Å². The van der Waals surface area contributed by atoms with Crippen molar-refractivity contribution >= 4 is 32.9 Å². The number of carbonyl (C=O) groups is 2. The van der Waals surface area contributed by atoms with E-state index in [-0.39, 0.29) is 15.9 Å². The zero-order valence-corrected chi connectivity index (χ0v) is 12.7. The lowest BCUT2D eigenvalue weighted by Crippen LogP contribution is -2.45. The van der Waals surface area contributed by atoms with Crippen molar-refractivity contribution < 1.29 is 18.0 Å². The van der Waals surface area contributed by atoms with Crippen LogP contribution in [0.3, 0.4) is 0 Å². The molecule has 19 heavy (non-hydrogen) atoms. The van der Waals surface area contributed by atoms with E-state index < -0.39 is 27.5 Å². The van der Waals surface area contributed by atoms with E-state index in [1.54, 1.807) is 25.3 Å². The van der Waals surface area contributed by atoms with Crippen molar-refractivity contribution in [1.29, 1.82) is 0 Å². The Morgan fingerprint density at radius 2 is 2.00 bits per heavy atom. The van der Waals surface area contributed by atoms with Crippen LogP contribution in [0.25, 0.3) is 0 Å². The molecule has 1 N–H and O–H groups in total. The molecule has 1 aromatic rings. The molecule has 106 valence electrons. The molecule has 0 spiro atoms. The molecule has 0 radical (unpaired) electrons. The molecule has 0 aliphatic heterocycles. The summed E-state index contributed by atoms with van der Waals surface area (Å²) in [6.07, 6.45) is 0. The van der Waals surface area contributed by atoms with Gasteiger partial charge >= 0.3 is 0 Å². The van der Waals surface area contributed by atoms with Crippen molar-refractivity contribution in [2.75, 3.05) is 5.75 Å². The molecular formula is C12H17NO4S2. The molecule has 5 nitrogen and oxygen atoms in total. The molecule has 1 atom stereocenters. The molecule has 1 aromatic heterocycles. The quantitative estimate of drug-likeness (QED) is 0.857. The van der Waals surface area contributed by atoms with Gasteiger partial charge in [0.15, 0.2) is 15.6 Å². The largest absolute Gasteiger partial charge is 0.345 e. The minimum Gasteiger partial charge on any atom is -0.345 e. The maximum Gasteiger partial charge on any atom is 0.236 e. The summed E-state index contributed by atoms with van der Waals surface area (Å²) >= 11 is 1.07. The lowest BCUT2D eigenvalue weighted by atomic mass is 10.0. The van der Waals surface area contributed by atoms with E-state index in [1.165, 1.54) is 13.0 Å². The molecule has 0 saturated heterocycles. The molecular weight excluding hydrogens is 286 g/mol. The molecule has 7 heteroatoms. The summed E-state index contributed by atoms with van der Waals surface area (Å²) in [5, 5.41) is 4.11. The van der Waals surface area contributed by atoms with Crippen LogP contribution in [-0.4, -0.2) is 31.9 Å². The number of amides is 1. The van der Waals surface area contributed by atoms with Crippen LogP contribution in [0.2, 0.25) is 0 Å². The molecule has 0 saturated carbocycles. The summed E-state index contributed by atoms with van der Waals surface area (Å²) in [5.41, 5.74) is 0. The Hall–Kier alpha value is -1.21. The lowest BCUT2D eigenvalue weighted by Gasteiger charge is -2.19. The molecule has 1 amide bonds. The van der Waals surface area contributed by atoms with Crippen LogP contribution in [0.15, 0.2) is 21.7 Å². The predicted molar refractivity (Wildman–Crippen MR) is 73.8 cm³/mol. The summed E-state index contributed by atoms with van der Waals surface area (Å²) in [6.45, 7) is 4.96. The van der Waals surface area contributed by atoms with Crippen molar-refractivity contribution in [3.8, 4) is 0 Å². The number of sulfone groups is 1. The van der Waals surface area contributed by atoms with Crippen molar-refractivity contribution in [1.82, 2.24) is 5.32 Å². The number of Topliss-reactive ketones (excluding diaryl/α,β-unsaturated/α-hetero) is 1. The Morgan fingerprint density at radius 1 is 1.37 bits per heavy atom. The number of nitrogens with one attached hydrogen (secondary N) is 1. The zero-order chi connectivity index (χ0) is 14.6. The number of ketones is 1. The van der Waals surface area contributed by atoms with Gasteiger partial charge < -0.3 is 5.32 Å². The highest BCUT2D eigenvalue weighted by Crippen LogP contribution is 2.17. The fourth-order valence-electron chi connectivity index (χ4n) is 1.64. The van der Waals surface area contributed by atoms with Crippen LogP contribution < -0.4 is 5.32 Å². The summed E-state index contributed by atoms with van der Waals surface area (Å²) in [4.78, 5) is 23.1. The highest BCUT2D eigenvalue weighted by atomic mass is 32.2. The van der Waals surface area contributed by atoms with Gasteiger partial charge in [-0.2, -0.15) is 0 Å². The third kappa shape index (κ3) is 4.43. The first kappa shape index (κ1) is 15.8. The predicted octanol–water partition coefficient (Wildman–Crippen LogP) is 1.25. The smallest absolute Gasteiger partial charge is 0.236 e. The van der Waals surface area contributed by atoms with Gasteiger partial charge in [-0.3, -0.25) is 9.59 Å². The van der Waals surface area contributed by atoms with Crippen molar-refractivity contribution in [3.63, 3.8) is 0 Å². The maximum absolute atomic E-state index is 11.9. The minimum atomic E-state index is -3.62. The summed E-state index contributed by atoms with van der Waals surface area (Å²) in [6, 6.07) is 2.42. The van der Waals surface area contributed by atoms with E-state index in [4.69, 9.17) is 0 Å². The number of hydrogen-bond donors (Lipinski definition) is 1. The number of thiophene rings is 1. The summed E-state index contributed by atoms with van der Waals surface area (Å²) < 4.78 is 23.9. The fourth-order valence-corrected chi connectivity index (χ4v) is 3.87. The van der Waals surface area contributed by atoms with Gasteiger partial charge in [-0.25, -0.2) is 8.42 Å². The van der Waals surface area contributed by atoms with Gasteiger partial charge in [0.25, 0.3) is 0 Å². The van der Waals surface area contributed by atoms with E-state index in [0.29, 0.717) is 0 Å². The Labute approximate surface area is 116 Å². The minimum absolute atomic E-state index is 0.0779. The van der Waals surface area contributed by atoms with Crippen LogP contribution in [0.1, 0.15) is 20.8 Å². The van der Waals surface area contributed by atoms with Gasteiger partial charge in [-0.15, -0.1) is 11.3 Å². The number of carbonyl (C=O) groups excluding carboxylic acids is 2. The average Bonchev–Trinajstić information content (AvgIpc) is 2.78. The third-order valence-electron chi connectivity index (χ3n) is 2.54. The second-order valence-corrected chi connectivity index (χ2v) is 7.76. The average molecular weight is 303 g/mol. The van der Waals surface area contributed by atoms with Crippen molar-refractivity contribution in [3.05, 3.63) is 17.5 Å². The van der Waals surface area contributed by atoms with Gasteiger partial charge in [-0.05, 0) is 24.3 Å². The van der Waals surface area contributed by atoms with E-state index in [0.717, 1.165) is 11.3 Å². The first-order chi connectivity index (χ1) is 8.74. The van der Waals surface area contributed by atoms with Gasteiger partial charge in [0.05, 0.1) is 6.04 Å². The molecule has 0 aliphatic carbocycles. The van der Waals surface area contributed by atoms with Crippen LogP contribution in [0, 0.1) is 5.92 Å². The fraction of sp³-hybridized carbons (Fsp3) is 0.500. The standard InChI is InChI=1S/C12H17NO4S2/c1-8(2)12(9(3)14)13-10(15)7-19(16,17)11-5-4-6-18-11/h4-6,8,12H,7H2,1-3H3,(H,13,15). The maximum atomic E-state index is 11.9. The number of rotatable bonds is 6. The zero-order valence-electron chi connectivity index (χ0n) is 11.0. The van der Waals surface area contributed by atoms with E-state index in [1.807, 2.05) is 0 Å². The van der Waals surface area contributed by atoms with Crippen molar-refractivity contribution in [2.24, 2.45) is 5.92 Å². The highest BCUT2D eigenvalue weighted by Gasteiger charge is 2.25. The second-order valence-electron chi connectivity index (χ2n) is 4.59. The Balaban J connectivity index is 2.73. The summed E-state index contributed by atoms with van der Waals surface area (Å²) in [5.74, 6) is -1.55. The molecule has 0 fully saturated rings. The van der Waals surface area contributed by atoms with E-state index in [2.05, 4.69) is 5.32 Å². The van der Waals surface area contributed by atoms with Crippen LogP contribution in [0.4, 0.5) is 0 Å². The molecule has 0 aromatic carbocycles. The molecule has 1 rings (SSSR count). The third-order valence-corrected chi connectivity index (χ3v) is 5.65. The number of hydrogen-bond acceptors (Lipinski definition) is 5. The van der Waals surface area contributed by atoms with Gasteiger partial charge in [0.1, 0.15) is 9.96 Å². The SMILES string of the molecule is CC(=O)C(NC(=O)CS(=O)(=O)c1cccs1)C(C)C. The topological polar surface area (TPSA) is 80.3 Å². The normalized spacial score (nSPS) is 13.3. The van der Waals surface area contributed by atoms with Crippen LogP contribution in [0.5, 0.6) is 0 Å². The Kier molecular flexibility index (Phi) is 5.25. The Bertz CT molecular complexity index is 546. The Morgan fingerprint density at radius 3 is 2.42 bits per heavy atom.